The third-order valence-electron chi connectivity index (χ3n) is 18.1. The molecule has 2 aliphatic heterocycles. The summed E-state index contributed by atoms with van der Waals surface area (Å²) in [5.41, 5.74) is 0. The quantitative estimate of drug-likeness (QED) is 0.116. The Hall–Kier alpha value is -6.25. The van der Waals surface area contributed by atoms with Crippen LogP contribution >= 0.6 is 0 Å². The van der Waals surface area contributed by atoms with Crippen molar-refractivity contribution in [2.75, 3.05) is 88.3 Å². The molecule has 2 aliphatic rings. The van der Waals surface area contributed by atoms with Gasteiger partial charge in [0.2, 0.25) is 65.0 Å². The molecule has 14 atom stereocenters. The van der Waals surface area contributed by atoms with Crippen LogP contribution in [0.3, 0.4) is 0 Å². The van der Waals surface area contributed by atoms with Gasteiger partial charge < -0.3 is 70.1 Å². The fourth-order valence-electron chi connectivity index (χ4n) is 12.3. The Morgan fingerprint density at radius 1 is 0.511 bits per heavy atom. The van der Waals surface area contributed by atoms with E-state index in [9.17, 15) is 24.3 Å². The molecule has 2 fully saturated rings. The van der Waals surface area contributed by atoms with Crippen LogP contribution in [-0.4, -0.2) is 276 Å². The van der Waals surface area contributed by atoms with Crippen LogP contribution in [0.15, 0.2) is 12.2 Å². The number of nitrogens with zero attached hydrogens (tertiary/aromatic N) is 8. The highest BCUT2D eigenvalue weighted by molar-refractivity contribution is 6.00. The molecule has 0 aromatic heterocycles. The molecule has 2 saturated heterocycles. The van der Waals surface area contributed by atoms with Crippen LogP contribution in [0.4, 0.5) is 0 Å². The summed E-state index contributed by atoms with van der Waals surface area (Å²) in [4.78, 5) is 175. The first kappa shape index (κ1) is 83.8. The predicted molar refractivity (Wildman–Crippen MR) is 361 cm³/mol. The molecular weight excluding hydrogens is 1210 g/mol. The monoisotopic (exact) mass is 1330 g/mol. The summed E-state index contributed by atoms with van der Waals surface area (Å²) < 4.78 is 11.9. The van der Waals surface area contributed by atoms with Gasteiger partial charge in [-0.3, -0.25) is 57.6 Å². The highest BCUT2D eigenvalue weighted by Crippen LogP contribution is 2.26. The Morgan fingerprint density at radius 3 is 1.47 bits per heavy atom. The number of ether oxygens (including phenoxy) is 2. The van der Waals surface area contributed by atoms with E-state index >= 15 is 33.6 Å². The summed E-state index contributed by atoms with van der Waals surface area (Å²) in [6.07, 6.45) is 1.54. The number of morpholine rings is 1. The fourth-order valence-corrected chi connectivity index (χ4v) is 12.3. The topological polar surface area (TPSA) is 300 Å². The average Bonchev–Trinajstić information content (AvgIpc) is 0.811. The molecule has 0 bridgehead atoms. The molecule has 26 nitrogen and oxygen atoms in total. The van der Waals surface area contributed by atoms with Gasteiger partial charge in [-0.2, -0.15) is 0 Å². The number of likely N-dealkylation sites (N-methyl/N-ethyl adjacent to an activating group) is 6. The number of carbonyl (C=O) groups excluding carboxylic acids is 11. The van der Waals surface area contributed by atoms with Crippen molar-refractivity contribution in [3.05, 3.63) is 12.2 Å². The third-order valence-corrected chi connectivity index (χ3v) is 18.1. The van der Waals surface area contributed by atoms with Crippen LogP contribution in [0, 0.1) is 35.5 Å². The van der Waals surface area contributed by atoms with Crippen LogP contribution in [0.25, 0.3) is 0 Å². The lowest BCUT2D eigenvalue weighted by atomic mass is 9.93. The maximum Gasteiger partial charge on any atom is 0.246 e. The zero-order valence-corrected chi connectivity index (χ0v) is 61.4. The number of nitrogens with one attached hydrogen (secondary N) is 4. The molecule has 11 amide bonds. The summed E-state index contributed by atoms with van der Waals surface area (Å²) in [7, 11) is 8.52. The van der Waals surface area contributed by atoms with Crippen molar-refractivity contribution in [2.45, 2.75) is 235 Å². The van der Waals surface area contributed by atoms with Gasteiger partial charge in [-0.05, 0) is 96.3 Å². The number of hydrogen-bond acceptors (Lipinski definition) is 15. The minimum atomic E-state index is -1.66. The first-order chi connectivity index (χ1) is 43.7. The number of rotatable bonds is 19. The predicted octanol–water partition coefficient (Wildman–Crippen LogP) is 2.74. The van der Waals surface area contributed by atoms with Crippen molar-refractivity contribution in [3.8, 4) is 0 Å². The second-order valence-electron chi connectivity index (χ2n) is 28.0. The zero-order chi connectivity index (χ0) is 72.1. The number of amides is 11. The number of allylic oxidation sites excluding steroid dienone is 1. The molecule has 1 unspecified atom stereocenters. The van der Waals surface area contributed by atoms with Gasteiger partial charge >= 0.3 is 0 Å². The molecule has 0 aromatic carbocycles. The molecular formula is C68H122N12O14. The Bertz CT molecular complexity index is 2560. The molecule has 94 heavy (non-hydrogen) atoms. The summed E-state index contributed by atoms with van der Waals surface area (Å²) in [5.74, 6) is -10.1. The van der Waals surface area contributed by atoms with Crippen molar-refractivity contribution in [1.82, 2.24) is 60.5 Å². The highest BCUT2D eigenvalue weighted by Gasteiger charge is 2.47. The van der Waals surface area contributed by atoms with E-state index in [-0.39, 0.29) is 56.6 Å². The number of aliphatic hydroxyl groups excluding tert-OH is 1. The average molecular weight is 1330 g/mol. The first-order valence-corrected chi connectivity index (χ1v) is 34.1. The summed E-state index contributed by atoms with van der Waals surface area (Å²) in [6.45, 7) is 34.0. The Labute approximate surface area is 562 Å². The minimum Gasteiger partial charge on any atom is -0.390 e. The molecule has 0 radical (unpaired) electrons. The molecule has 0 spiro atoms. The van der Waals surface area contributed by atoms with E-state index in [1.807, 2.05) is 41.5 Å². The van der Waals surface area contributed by atoms with Crippen molar-refractivity contribution < 1.29 is 67.3 Å². The summed E-state index contributed by atoms with van der Waals surface area (Å²) in [5, 5.41) is 23.3. The van der Waals surface area contributed by atoms with E-state index in [1.165, 1.54) is 92.5 Å². The normalized spacial score (nSPS) is 27.7. The first-order valence-electron chi connectivity index (χ1n) is 34.1. The van der Waals surface area contributed by atoms with Gasteiger partial charge in [0.15, 0.2) is 0 Å². The van der Waals surface area contributed by atoms with E-state index in [4.69, 9.17) is 9.47 Å². The van der Waals surface area contributed by atoms with Gasteiger partial charge in [-0.1, -0.05) is 102 Å². The van der Waals surface area contributed by atoms with Gasteiger partial charge in [0, 0.05) is 74.4 Å². The number of hydrogen-bond donors (Lipinski definition) is 5. The van der Waals surface area contributed by atoms with Crippen LogP contribution < -0.4 is 21.3 Å². The largest absolute Gasteiger partial charge is 0.390 e. The molecule has 0 saturated carbocycles. The lowest BCUT2D eigenvalue weighted by molar-refractivity contribution is -0.157. The smallest absolute Gasteiger partial charge is 0.246 e. The third kappa shape index (κ3) is 23.0. The molecule has 538 valence electrons. The number of aliphatic hydroxyl groups is 1. The number of carbonyl (C=O) groups is 11. The zero-order valence-electron chi connectivity index (χ0n) is 61.4. The van der Waals surface area contributed by atoms with Crippen LogP contribution in [0.5, 0.6) is 0 Å². The Morgan fingerprint density at radius 2 is 0.979 bits per heavy atom. The molecule has 26 heteroatoms. The van der Waals surface area contributed by atoms with E-state index < -0.39 is 161 Å². The van der Waals surface area contributed by atoms with Crippen LogP contribution in [-0.2, 0) is 62.2 Å². The van der Waals surface area contributed by atoms with Gasteiger partial charge in [-0.15, -0.1) is 0 Å². The maximum absolute atomic E-state index is 15.3. The van der Waals surface area contributed by atoms with Crippen molar-refractivity contribution in [2.24, 2.45) is 35.5 Å². The second-order valence-corrected chi connectivity index (χ2v) is 28.0. The van der Waals surface area contributed by atoms with Gasteiger partial charge in [0.1, 0.15) is 66.5 Å². The van der Waals surface area contributed by atoms with Gasteiger partial charge in [-0.25, -0.2) is 0 Å². The second kappa shape index (κ2) is 39.1. The summed E-state index contributed by atoms with van der Waals surface area (Å²) >= 11 is 0. The maximum atomic E-state index is 15.3. The standard InChI is InChI=1S/C68H122N12O14/c1-25-28-44(14)57(81)56-61(85)71-49(27-3)64(88)80(29-26-2)47(17)63(87)77(23)55(48(18)94-35-32-79-30-33-93-34-31-79)60(84)72-53(42(10)11)67(91)73(19)50(36-39(4)5)59(83)69-45(15)58(82)70-46(16)62(86)74(20)51(37-40(6)7)65(89)75(21)52(38-41(8)9)66(90)76(22)54(43(12)13)68(92)78(56)24/h25,28,39-57,81H,26-27,29-38H2,1-24H3,(H,69,83)(H,70,82)(H,71,85)(H,72,84)/b28-25+/t44-,45+,46-,47-,48-,49+,50+,51+,52+,53+,54+,55?,56+,57-/m1/s1. The van der Waals surface area contributed by atoms with Crippen molar-refractivity contribution >= 4 is 65.0 Å². The van der Waals surface area contributed by atoms with E-state index in [2.05, 4.69) is 26.2 Å². The Balaban J connectivity index is 3.08. The van der Waals surface area contributed by atoms with Gasteiger partial charge in [0.25, 0.3) is 0 Å². The minimum absolute atomic E-state index is 0.00535. The van der Waals surface area contributed by atoms with Crippen molar-refractivity contribution in [3.63, 3.8) is 0 Å². The molecule has 0 aliphatic carbocycles. The lowest BCUT2D eigenvalue weighted by Gasteiger charge is -2.41. The molecule has 2 heterocycles. The lowest BCUT2D eigenvalue weighted by Crippen LogP contribution is -2.64. The fraction of sp³-hybridized carbons (Fsp3) is 0.809. The van der Waals surface area contributed by atoms with Gasteiger partial charge in [0.05, 0.1) is 32.0 Å². The summed E-state index contributed by atoms with van der Waals surface area (Å²) in [6, 6.07) is -14.2. The highest BCUT2D eigenvalue weighted by atomic mass is 16.5. The van der Waals surface area contributed by atoms with E-state index in [0.717, 1.165) is 4.90 Å². The van der Waals surface area contributed by atoms with Crippen molar-refractivity contribution in [1.29, 1.82) is 0 Å². The molecule has 0 aromatic rings. The Kier molecular flexibility index (Phi) is 34.9. The van der Waals surface area contributed by atoms with Crippen LogP contribution in [0.2, 0.25) is 0 Å². The molecule has 2 rings (SSSR count). The van der Waals surface area contributed by atoms with E-state index in [1.54, 1.807) is 74.5 Å². The van der Waals surface area contributed by atoms with Crippen LogP contribution in [0.1, 0.15) is 157 Å². The molecule has 5 N–H and O–H groups in total. The van der Waals surface area contributed by atoms with E-state index in [0.29, 0.717) is 39.3 Å². The SMILES string of the molecule is C/C=C/[C@@H](C)[C@@H](O)[C@H]1C(=O)N[C@@H](CC)C(=O)N(CCC)[C@H](C)C(=O)N(C)C([C@@H](C)OCCN2CCOCC2)C(=O)N[C@@H](C(C)C)C(=O)N(C)[C@@H](CC(C)C)C(=O)N[C@@H](C)C(=O)N[C@H](C)C(=O)N(C)[C@@H](CC(C)C)C(=O)N(C)[C@@H](CC(C)C)C(=O)N(C)[C@@H](C(C)C)C(=O)N1C.